The largest absolute Gasteiger partial charge is 0.377 e. The maximum atomic E-state index is 5.94. The molecule has 1 fully saturated rings. The van der Waals surface area contributed by atoms with Gasteiger partial charge >= 0.3 is 0 Å². The summed E-state index contributed by atoms with van der Waals surface area (Å²) in [5.41, 5.74) is 0. The molecule has 1 aliphatic rings. The number of aromatic nitrogens is 2. The fraction of sp³-hybridized carbons (Fsp3) is 0.636. The van der Waals surface area contributed by atoms with Gasteiger partial charge in [-0.25, -0.2) is 9.97 Å². The van der Waals surface area contributed by atoms with E-state index in [1.165, 1.54) is 0 Å². The highest BCUT2D eigenvalue weighted by molar-refractivity contribution is 6.29. The van der Waals surface area contributed by atoms with Gasteiger partial charge in [-0.05, 0) is 20.0 Å². The van der Waals surface area contributed by atoms with Crippen LogP contribution in [0.15, 0.2) is 6.07 Å². The highest BCUT2D eigenvalue weighted by Gasteiger charge is 2.19. The molecule has 0 radical (unpaired) electrons. The lowest BCUT2D eigenvalue weighted by atomic mass is 10.2. The van der Waals surface area contributed by atoms with Crippen LogP contribution >= 0.6 is 11.6 Å². The molecule has 0 aliphatic carbocycles. The van der Waals surface area contributed by atoms with E-state index in [9.17, 15) is 0 Å². The van der Waals surface area contributed by atoms with Crippen molar-refractivity contribution >= 4 is 17.4 Å². The highest BCUT2D eigenvalue weighted by Crippen LogP contribution is 2.16. The van der Waals surface area contributed by atoms with Crippen molar-refractivity contribution in [1.82, 2.24) is 14.9 Å². The molecular weight excluding hydrogens is 240 g/mol. The van der Waals surface area contributed by atoms with Crippen LogP contribution in [-0.2, 0) is 11.3 Å². The third-order valence-electron chi connectivity index (χ3n) is 2.76. The number of nitrogens with one attached hydrogen (secondary N) is 1. The topological polar surface area (TPSA) is 50.3 Å². The number of anilines is 1. The first-order valence-corrected chi connectivity index (χ1v) is 6.02. The van der Waals surface area contributed by atoms with E-state index in [2.05, 4.69) is 27.2 Å². The molecule has 6 heteroatoms. The van der Waals surface area contributed by atoms with Gasteiger partial charge in [0.1, 0.15) is 17.6 Å². The fourth-order valence-corrected chi connectivity index (χ4v) is 2.20. The Morgan fingerprint density at radius 1 is 1.59 bits per heavy atom. The van der Waals surface area contributed by atoms with E-state index in [0.29, 0.717) is 23.6 Å². The Balaban J connectivity index is 2.04. The molecule has 2 heterocycles. The number of likely N-dealkylation sites (tertiary alicyclic amines) is 1. The Labute approximate surface area is 106 Å². The first-order chi connectivity index (χ1) is 8.17. The first-order valence-electron chi connectivity index (χ1n) is 5.65. The van der Waals surface area contributed by atoms with Gasteiger partial charge in [0.25, 0.3) is 0 Å². The summed E-state index contributed by atoms with van der Waals surface area (Å²) in [4.78, 5) is 10.7. The van der Waals surface area contributed by atoms with E-state index >= 15 is 0 Å². The van der Waals surface area contributed by atoms with Crippen molar-refractivity contribution in [3.63, 3.8) is 0 Å². The van der Waals surface area contributed by atoms with Gasteiger partial charge < -0.3 is 15.0 Å². The second-order valence-corrected chi connectivity index (χ2v) is 4.70. The Morgan fingerprint density at radius 3 is 3.06 bits per heavy atom. The molecule has 1 saturated heterocycles. The van der Waals surface area contributed by atoms with E-state index in [4.69, 9.17) is 16.3 Å². The summed E-state index contributed by atoms with van der Waals surface area (Å²) in [6.07, 6.45) is 1.12. The Kier molecular flexibility index (Phi) is 4.15. The second kappa shape index (κ2) is 5.62. The van der Waals surface area contributed by atoms with Crippen molar-refractivity contribution in [3.05, 3.63) is 17.0 Å². The van der Waals surface area contributed by atoms with Crippen LogP contribution in [0.2, 0.25) is 5.15 Å². The molecule has 0 aromatic carbocycles. The molecule has 0 spiro atoms. The van der Waals surface area contributed by atoms with Gasteiger partial charge in [0.15, 0.2) is 5.82 Å². The van der Waals surface area contributed by atoms with Gasteiger partial charge in [-0.1, -0.05) is 11.6 Å². The van der Waals surface area contributed by atoms with Crippen molar-refractivity contribution < 1.29 is 4.74 Å². The molecule has 17 heavy (non-hydrogen) atoms. The minimum atomic E-state index is 0.375. The number of rotatable bonds is 4. The molecule has 1 aromatic heterocycles. The lowest BCUT2D eigenvalue weighted by Gasteiger charge is -2.14. The number of hydrogen-bond acceptors (Lipinski definition) is 5. The SMILES string of the molecule is COCc1nc(Cl)cc(NC2CCN(C)C2)n1. The zero-order valence-electron chi connectivity index (χ0n) is 10.1. The standard InChI is InChI=1S/C11H17ClN4O/c1-16-4-3-8(6-16)13-10-5-9(12)14-11(15-10)7-17-2/h5,8H,3-4,6-7H2,1-2H3,(H,13,14,15). The maximum Gasteiger partial charge on any atom is 0.158 e. The van der Waals surface area contributed by atoms with E-state index < -0.39 is 0 Å². The van der Waals surface area contributed by atoms with Crippen molar-refractivity contribution in [2.24, 2.45) is 0 Å². The van der Waals surface area contributed by atoms with Crippen molar-refractivity contribution in [3.8, 4) is 0 Å². The minimum absolute atomic E-state index is 0.375. The maximum absolute atomic E-state index is 5.94. The van der Waals surface area contributed by atoms with Crippen LogP contribution in [0.3, 0.4) is 0 Å². The normalized spacial score (nSPS) is 20.8. The van der Waals surface area contributed by atoms with Gasteiger partial charge in [-0.3, -0.25) is 0 Å². The van der Waals surface area contributed by atoms with Crippen LogP contribution in [0, 0.1) is 0 Å². The van der Waals surface area contributed by atoms with Crippen molar-refractivity contribution in [1.29, 1.82) is 0 Å². The molecule has 0 saturated carbocycles. The molecule has 5 nitrogen and oxygen atoms in total. The van der Waals surface area contributed by atoms with Gasteiger partial charge in [-0.15, -0.1) is 0 Å². The summed E-state index contributed by atoms with van der Waals surface area (Å²) in [6.45, 7) is 2.52. The molecule has 94 valence electrons. The van der Waals surface area contributed by atoms with Gasteiger partial charge in [0, 0.05) is 25.8 Å². The zero-order chi connectivity index (χ0) is 12.3. The molecule has 1 N–H and O–H groups in total. The van der Waals surface area contributed by atoms with Crippen LogP contribution in [0.25, 0.3) is 0 Å². The number of halogens is 1. The predicted octanol–water partition coefficient (Wildman–Crippen LogP) is 1.39. The van der Waals surface area contributed by atoms with Crippen LogP contribution in [-0.4, -0.2) is 48.2 Å². The number of methoxy groups -OCH3 is 1. The second-order valence-electron chi connectivity index (χ2n) is 4.32. The number of nitrogens with zero attached hydrogens (tertiary/aromatic N) is 3. The molecule has 0 bridgehead atoms. The summed E-state index contributed by atoms with van der Waals surface area (Å²) >= 11 is 5.94. The summed E-state index contributed by atoms with van der Waals surface area (Å²) in [5, 5.41) is 3.82. The van der Waals surface area contributed by atoms with Gasteiger partial charge in [-0.2, -0.15) is 0 Å². The van der Waals surface area contributed by atoms with E-state index in [0.717, 1.165) is 25.3 Å². The average Bonchev–Trinajstić information content (AvgIpc) is 2.63. The quantitative estimate of drug-likeness (QED) is 0.826. The minimum Gasteiger partial charge on any atom is -0.377 e. The van der Waals surface area contributed by atoms with E-state index in [1.807, 2.05) is 0 Å². The lowest BCUT2D eigenvalue weighted by Crippen LogP contribution is -2.24. The summed E-state index contributed by atoms with van der Waals surface area (Å²) in [7, 11) is 3.73. The van der Waals surface area contributed by atoms with E-state index in [1.54, 1.807) is 13.2 Å². The molecule has 1 aliphatic heterocycles. The molecule has 0 amide bonds. The predicted molar refractivity (Wildman–Crippen MR) is 67.3 cm³/mol. The summed E-state index contributed by atoms with van der Waals surface area (Å²) < 4.78 is 5.01. The number of hydrogen-bond donors (Lipinski definition) is 1. The molecule has 1 aromatic rings. The Bertz CT molecular complexity index is 388. The summed E-state index contributed by atoms with van der Waals surface area (Å²) in [5.74, 6) is 1.38. The van der Waals surface area contributed by atoms with Crippen LogP contribution in [0.4, 0.5) is 5.82 Å². The zero-order valence-corrected chi connectivity index (χ0v) is 10.9. The van der Waals surface area contributed by atoms with Crippen LogP contribution in [0.5, 0.6) is 0 Å². The average molecular weight is 257 g/mol. The third kappa shape index (κ3) is 3.52. The highest BCUT2D eigenvalue weighted by atomic mass is 35.5. The fourth-order valence-electron chi connectivity index (χ4n) is 1.99. The molecule has 1 unspecified atom stereocenters. The lowest BCUT2D eigenvalue weighted by molar-refractivity contribution is 0.178. The van der Waals surface area contributed by atoms with Crippen molar-refractivity contribution in [2.45, 2.75) is 19.1 Å². The molecule has 1 atom stereocenters. The smallest absolute Gasteiger partial charge is 0.158 e. The molecular formula is C11H17ClN4O. The third-order valence-corrected chi connectivity index (χ3v) is 2.95. The summed E-state index contributed by atoms with van der Waals surface area (Å²) in [6, 6.07) is 2.18. The molecule has 2 rings (SSSR count). The van der Waals surface area contributed by atoms with Gasteiger partial charge in [0.05, 0.1) is 0 Å². The first kappa shape index (κ1) is 12.5. The number of likely N-dealkylation sites (N-methyl/N-ethyl adjacent to an activating group) is 1. The van der Waals surface area contributed by atoms with E-state index in [-0.39, 0.29) is 0 Å². The number of ether oxygens (including phenoxy) is 1. The Morgan fingerprint density at radius 2 is 2.41 bits per heavy atom. The monoisotopic (exact) mass is 256 g/mol. The Hall–Kier alpha value is -0.910. The van der Waals surface area contributed by atoms with Gasteiger partial charge in [0.2, 0.25) is 0 Å². The van der Waals surface area contributed by atoms with Crippen LogP contribution < -0.4 is 5.32 Å². The van der Waals surface area contributed by atoms with Crippen LogP contribution in [0.1, 0.15) is 12.2 Å². The van der Waals surface area contributed by atoms with Crippen molar-refractivity contribution in [2.75, 3.05) is 32.6 Å².